The Morgan fingerprint density at radius 1 is 1.48 bits per heavy atom. The smallest absolute Gasteiger partial charge is 0.407 e. The molecule has 2 heterocycles. The summed E-state index contributed by atoms with van der Waals surface area (Å²) in [6, 6.07) is 3.37. The molecule has 23 heavy (non-hydrogen) atoms. The van der Waals surface area contributed by atoms with Gasteiger partial charge >= 0.3 is 6.09 Å². The van der Waals surface area contributed by atoms with Gasteiger partial charge in [0.15, 0.2) is 0 Å². The minimum absolute atomic E-state index is 0.103. The fourth-order valence-corrected chi connectivity index (χ4v) is 5.19. The van der Waals surface area contributed by atoms with Crippen LogP contribution in [0.1, 0.15) is 33.6 Å². The van der Waals surface area contributed by atoms with Gasteiger partial charge in [-0.1, -0.05) is 6.07 Å². The molecular formula is C15H24N2O4S2. The highest BCUT2D eigenvalue weighted by molar-refractivity contribution is 7.91. The minimum atomic E-state index is -3.41. The van der Waals surface area contributed by atoms with Gasteiger partial charge in [-0.15, -0.1) is 11.3 Å². The molecule has 130 valence electrons. The van der Waals surface area contributed by atoms with Gasteiger partial charge in [0.1, 0.15) is 9.81 Å². The number of alkyl carbamates (subject to hydrolysis) is 1. The first-order valence-electron chi connectivity index (χ1n) is 7.69. The molecule has 0 saturated carbocycles. The number of nitrogens with zero attached hydrogens (tertiary/aromatic N) is 1. The van der Waals surface area contributed by atoms with E-state index >= 15 is 0 Å². The summed E-state index contributed by atoms with van der Waals surface area (Å²) in [5, 5.41) is 4.50. The van der Waals surface area contributed by atoms with Crippen molar-refractivity contribution >= 4 is 27.5 Å². The molecule has 2 rings (SSSR count). The highest BCUT2D eigenvalue weighted by Crippen LogP contribution is 2.26. The fraction of sp³-hybridized carbons (Fsp3) is 0.667. The molecule has 1 unspecified atom stereocenters. The second-order valence-electron chi connectivity index (χ2n) is 6.69. The van der Waals surface area contributed by atoms with Crippen molar-refractivity contribution in [2.24, 2.45) is 5.92 Å². The van der Waals surface area contributed by atoms with Crippen LogP contribution in [0.15, 0.2) is 21.7 Å². The average Bonchev–Trinajstić information content (AvgIpc) is 2.98. The molecule has 8 heteroatoms. The molecule has 1 aromatic heterocycles. The van der Waals surface area contributed by atoms with Crippen LogP contribution in [-0.2, 0) is 14.8 Å². The number of piperidine rings is 1. The van der Waals surface area contributed by atoms with Gasteiger partial charge in [-0.05, 0) is 51.0 Å². The van der Waals surface area contributed by atoms with E-state index in [9.17, 15) is 13.2 Å². The zero-order valence-corrected chi connectivity index (χ0v) is 15.4. The van der Waals surface area contributed by atoms with Gasteiger partial charge < -0.3 is 10.1 Å². The number of carbonyl (C=O) groups excluding carboxylic acids is 1. The van der Waals surface area contributed by atoms with Gasteiger partial charge in [0.05, 0.1) is 0 Å². The summed E-state index contributed by atoms with van der Waals surface area (Å²) in [6.07, 6.45) is 1.23. The van der Waals surface area contributed by atoms with Crippen molar-refractivity contribution in [3.8, 4) is 0 Å². The van der Waals surface area contributed by atoms with Gasteiger partial charge in [0.25, 0.3) is 10.0 Å². The number of nitrogens with one attached hydrogen (secondary N) is 1. The van der Waals surface area contributed by atoms with Crippen LogP contribution in [0.5, 0.6) is 0 Å². The SMILES string of the molecule is CC(C)(C)OC(=O)NCC1CCCN(S(=O)(=O)c2cccs2)C1. The summed E-state index contributed by atoms with van der Waals surface area (Å²) in [6.45, 7) is 6.80. The highest BCUT2D eigenvalue weighted by Gasteiger charge is 2.31. The van der Waals surface area contributed by atoms with Crippen molar-refractivity contribution < 1.29 is 17.9 Å². The molecule has 1 aliphatic heterocycles. The Labute approximate surface area is 141 Å². The van der Waals surface area contributed by atoms with Crippen LogP contribution in [0.4, 0.5) is 4.79 Å². The van der Waals surface area contributed by atoms with Crippen LogP contribution < -0.4 is 5.32 Å². The van der Waals surface area contributed by atoms with Crippen LogP contribution in [-0.4, -0.2) is 44.1 Å². The van der Waals surface area contributed by atoms with Crippen LogP contribution in [0.25, 0.3) is 0 Å². The standard InChI is InChI=1S/C15H24N2O4S2/c1-15(2,3)21-14(18)16-10-12-6-4-8-17(11-12)23(19,20)13-7-5-9-22-13/h5,7,9,12H,4,6,8,10-11H2,1-3H3,(H,16,18). The summed E-state index contributed by atoms with van der Waals surface area (Å²) < 4.78 is 32.2. The summed E-state index contributed by atoms with van der Waals surface area (Å²) in [7, 11) is -3.41. The van der Waals surface area contributed by atoms with Gasteiger partial charge in [0, 0.05) is 19.6 Å². The molecule has 1 saturated heterocycles. The molecule has 1 fully saturated rings. The number of carbonyl (C=O) groups is 1. The number of hydrogen-bond acceptors (Lipinski definition) is 5. The van der Waals surface area contributed by atoms with Gasteiger partial charge in [-0.3, -0.25) is 0 Å². The van der Waals surface area contributed by atoms with E-state index in [1.165, 1.54) is 15.6 Å². The Hall–Kier alpha value is -1.12. The predicted octanol–water partition coefficient (Wildman–Crippen LogP) is 2.67. The molecule has 1 aliphatic rings. The maximum Gasteiger partial charge on any atom is 0.407 e. The monoisotopic (exact) mass is 360 g/mol. The average molecular weight is 361 g/mol. The lowest BCUT2D eigenvalue weighted by Gasteiger charge is -2.31. The van der Waals surface area contributed by atoms with E-state index in [2.05, 4.69) is 5.32 Å². The second kappa shape index (κ2) is 7.19. The van der Waals surface area contributed by atoms with Crippen molar-refractivity contribution in [1.29, 1.82) is 0 Å². The quantitative estimate of drug-likeness (QED) is 0.896. The third-order valence-corrected chi connectivity index (χ3v) is 6.74. The number of thiophene rings is 1. The van der Waals surface area contributed by atoms with Crippen molar-refractivity contribution in [3.05, 3.63) is 17.5 Å². The molecule has 1 amide bonds. The number of rotatable bonds is 4. The highest BCUT2D eigenvalue weighted by atomic mass is 32.2. The Morgan fingerprint density at radius 2 is 2.22 bits per heavy atom. The van der Waals surface area contributed by atoms with Crippen LogP contribution in [0, 0.1) is 5.92 Å². The topological polar surface area (TPSA) is 75.7 Å². The summed E-state index contributed by atoms with van der Waals surface area (Å²) >= 11 is 1.23. The van der Waals surface area contributed by atoms with Crippen LogP contribution in [0.3, 0.4) is 0 Å². The van der Waals surface area contributed by atoms with Crippen molar-refractivity contribution in [2.75, 3.05) is 19.6 Å². The number of ether oxygens (including phenoxy) is 1. The zero-order valence-electron chi connectivity index (χ0n) is 13.7. The predicted molar refractivity (Wildman–Crippen MR) is 90.0 cm³/mol. The first-order chi connectivity index (χ1) is 10.7. The number of amides is 1. The van der Waals surface area contributed by atoms with Crippen molar-refractivity contribution in [1.82, 2.24) is 9.62 Å². The molecule has 0 bridgehead atoms. The lowest BCUT2D eigenvalue weighted by Crippen LogP contribution is -2.44. The normalized spacial score (nSPS) is 20.2. The third kappa shape index (κ3) is 5.19. The Kier molecular flexibility index (Phi) is 5.70. The maximum atomic E-state index is 12.5. The van der Waals surface area contributed by atoms with Gasteiger partial charge in [-0.2, -0.15) is 4.31 Å². The van der Waals surface area contributed by atoms with Crippen LogP contribution >= 0.6 is 11.3 Å². The summed E-state index contributed by atoms with van der Waals surface area (Å²) in [4.78, 5) is 11.7. The molecule has 0 spiro atoms. The molecule has 6 nitrogen and oxygen atoms in total. The van der Waals surface area contributed by atoms with Crippen molar-refractivity contribution in [3.63, 3.8) is 0 Å². The van der Waals surface area contributed by atoms with E-state index in [1.54, 1.807) is 17.5 Å². The van der Waals surface area contributed by atoms with E-state index in [-0.39, 0.29) is 5.92 Å². The largest absolute Gasteiger partial charge is 0.444 e. The Bertz CT molecular complexity index is 620. The molecule has 1 N–H and O–H groups in total. The van der Waals surface area contributed by atoms with Crippen LogP contribution in [0.2, 0.25) is 0 Å². The van der Waals surface area contributed by atoms with Crippen molar-refractivity contribution in [2.45, 2.75) is 43.4 Å². The molecular weight excluding hydrogens is 336 g/mol. The Balaban J connectivity index is 1.90. The molecule has 0 radical (unpaired) electrons. The number of sulfonamides is 1. The first kappa shape index (κ1) is 18.2. The molecule has 0 aliphatic carbocycles. The van der Waals surface area contributed by atoms with E-state index in [1.807, 2.05) is 20.8 Å². The third-order valence-electron chi connectivity index (χ3n) is 3.50. The Morgan fingerprint density at radius 3 is 2.83 bits per heavy atom. The van der Waals surface area contributed by atoms with E-state index in [0.29, 0.717) is 23.8 Å². The first-order valence-corrected chi connectivity index (χ1v) is 10.0. The fourth-order valence-electron chi connectivity index (χ4n) is 2.49. The summed E-state index contributed by atoms with van der Waals surface area (Å²) in [5.74, 6) is 0.103. The van der Waals surface area contributed by atoms with E-state index in [0.717, 1.165) is 12.8 Å². The minimum Gasteiger partial charge on any atom is -0.444 e. The van der Waals surface area contributed by atoms with E-state index < -0.39 is 21.7 Å². The molecule has 0 aromatic carbocycles. The lowest BCUT2D eigenvalue weighted by molar-refractivity contribution is 0.0513. The molecule has 1 aromatic rings. The lowest BCUT2D eigenvalue weighted by atomic mass is 10.00. The molecule has 1 atom stereocenters. The van der Waals surface area contributed by atoms with E-state index in [4.69, 9.17) is 4.74 Å². The zero-order chi connectivity index (χ0) is 17.1. The second-order valence-corrected chi connectivity index (χ2v) is 9.80. The van der Waals surface area contributed by atoms with Gasteiger partial charge in [-0.25, -0.2) is 13.2 Å². The van der Waals surface area contributed by atoms with Gasteiger partial charge in [0.2, 0.25) is 0 Å². The number of hydrogen-bond donors (Lipinski definition) is 1. The summed E-state index contributed by atoms with van der Waals surface area (Å²) in [5.41, 5.74) is -0.537. The maximum absolute atomic E-state index is 12.5.